The van der Waals surface area contributed by atoms with Crippen LogP contribution in [0.3, 0.4) is 0 Å². The van der Waals surface area contributed by atoms with Gasteiger partial charge in [-0.2, -0.15) is 13.5 Å². The first kappa shape index (κ1) is 35.3. The van der Waals surface area contributed by atoms with Crippen LogP contribution in [0.4, 0.5) is 8.92 Å². The molecule has 0 saturated heterocycles. The van der Waals surface area contributed by atoms with Gasteiger partial charge in [0, 0.05) is 12.0 Å². The summed E-state index contributed by atoms with van der Waals surface area (Å²) in [5.74, 6) is 28.9. The number of hydrogen-bond acceptors (Lipinski definition) is 3. The maximum Gasteiger partial charge on any atom is 0.123 e. The van der Waals surface area contributed by atoms with Crippen LogP contribution < -0.4 is 4.74 Å². The molecule has 0 radical (unpaired) electrons. The smallest absolute Gasteiger partial charge is 0.123 e. The SMILES string of the molecule is C.C#CC#CC#CC#CC#CC#CC#C.COc1cccc(Cc2cc(F)ccc2S)c1.OF.S.[HH].[HH].[HH].[HH].[HH]. The fraction of sp³-hybridized carbons (Fsp3) is 0.103. The van der Waals surface area contributed by atoms with Gasteiger partial charge in [0.1, 0.15) is 11.6 Å². The summed E-state index contributed by atoms with van der Waals surface area (Å²) in [5, 5.41) is 5.50. The Hall–Kier alpha value is -4.32. The molecule has 2 aromatic rings. The molecular weight excluding hydrogens is 482 g/mol. The average molecular weight is 515 g/mol. The molecular formula is C29H32F2O2S2. The molecule has 2 rings (SSSR count). The van der Waals surface area contributed by atoms with E-state index in [4.69, 9.17) is 27.4 Å². The minimum absolute atomic E-state index is 0. The summed E-state index contributed by atoms with van der Waals surface area (Å²) in [6.07, 6.45) is 10.4. The largest absolute Gasteiger partial charge is 0.497 e. The van der Waals surface area contributed by atoms with E-state index >= 15 is 0 Å². The van der Waals surface area contributed by atoms with Crippen molar-refractivity contribution in [3.05, 3.63) is 59.4 Å². The van der Waals surface area contributed by atoms with E-state index in [1.165, 1.54) is 12.1 Å². The molecule has 0 saturated carbocycles. The molecule has 6 heteroatoms. The van der Waals surface area contributed by atoms with Crippen LogP contribution in [0.1, 0.15) is 25.7 Å². The van der Waals surface area contributed by atoms with Crippen LogP contribution in [-0.2, 0) is 6.42 Å². The van der Waals surface area contributed by atoms with Crippen LogP contribution >= 0.6 is 26.1 Å². The van der Waals surface area contributed by atoms with Crippen molar-refractivity contribution in [2.24, 2.45) is 0 Å². The zero-order chi connectivity index (χ0) is 24.7. The number of ether oxygens (including phenoxy) is 1. The molecule has 0 aliphatic carbocycles. The molecule has 0 aliphatic rings. The fourth-order valence-electron chi connectivity index (χ4n) is 2.02. The number of terminal acetylenes is 2. The topological polar surface area (TPSA) is 29.5 Å². The number of halogens is 2. The van der Waals surface area contributed by atoms with Crippen LogP contribution in [-0.4, -0.2) is 12.4 Å². The molecule has 35 heavy (non-hydrogen) atoms. The summed E-state index contributed by atoms with van der Waals surface area (Å²) in [7, 11) is 1.63. The molecule has 0 bridgehead atoms. The lowest BCUT2D eigenvalue weighted by atomic mass is 10.0. The molecule has 0 fully saturated rings. The van der Waals surface area contributed by atoms with Crippen LogP contribution in [0.5, 0.6) is 5.75 Å². The third-order valence-corrected chi connectivity index (χ3v) is 3.71. The summed E-state index contributed by atoms with van der Waals surface area (Å²) < 4.78 is 26.8. The molecule has 0 aliphatic heterocycles. The monoisotopic (exact) mass is 514 g/mol. The first-order valence-corrected chi connectivity index (χ1v) is 9.24. The van der Waals surface area contributed by atoms with Crippen molar-refractivity contribution in [3.63, 3.8) is 0 Å². The standard InChI is InChI=1S/C14H13FOS.C14H2.CH4.FHO.H2S.5H2/c1-16-13-4-2-3-10(8-13)7-11-9-12(15)5-6-14(11)17;1-3-5-7-9-11-13-14-12-10-8-6-4-2;;1-2;;;;;;/h2-6,8-9,17H,7H2,1H3;1-2H;1H4;2H;1H2;5*1H. The van der Waals surface area contributed by atoms with Crippen molar-refractivity contribution in [3.8, 4) is 89.6 Å². The number of hydrogen-bond donors (Lipinski definition) is 2. The van der Waals surface area contributed by atoms with Gasteiger partial charge in [-0.3, -0.25) is 0 Å². The highest BCUT2D eigenvalue weighted by atomic mass is 32.1. The first-order valence-electron chi connectivity index (χ1n) is 8.79. The van der Waals surface area contributed by atoms with Crippen LogP contribution in [0, 0.1) is 89.7 Å². The van der Waals surface area contributed by atoms with Gasteiger partial charge in [-0.25, -0.2) is 9.70 Å². The van der Waals surface area contributed by atoms with Crippen LogP contribution in [0.25, 0.3) is 0 Å². The highest BCUT2D eigenvalue weighted by Crippen LogP contribution is 2.21. The van der Waals surface area contributed by atoms with Crippen LogP contribution in [0.2, 0.25) is 0 Å². The molecule has 0 aromatic heterocycles. The van der Waals surface area contributed by atoms with Crippen molar-refractivity contribution in [2.75, 3.05) is 7.11 Å². The van der Waals surface area contributed by atoms with Crippen molar-refractivity contribution >= 4 is 26.1 Å². The minimum Gasteiger partial charge on any atom is -0.497 e. The Morgan fingerprint density at radius 3 is 1.80 bits per heavy atom. The summed E-state index contributed by atoms with van der Waals surface area (Å²) in [5.41, 5.74) is 1.95. The highest BCUT2D eigenvalue weighted by molar-refractivity contribution is 7.80. The fourth-order valence-corrected chi connectivity index (χ4v) is 2.24. The molecule has 0 atom stereocenters. The molecule has 0 heterocycles. The molecule has 0 unspecified atom stereocenters. The Morgan fingerprint density at radius 1 is 0.857 bits per heavy atom. The zero-order valence-electron chi connectivity index (χ0n) is 18.0. The lowest BCUT2D eigenvalue weighted by Crippen LogP contribution is -1.92. The van der Waals surface area contributed by atoms with Crippen molar-refractivity contribution in [2.45, 2.75) is 18.7 Å². The lowest BCUT2D eigenvalue weighted by molar-refractivity contribution is -0.0441. The van der Waals surface area contributed by atoms with E-state index < -0.39 is 0 Å². The first-order chi connectivity index (χ1) is 16.1. The zero-order valence-corrected chi connectivity index (χ0v) is 19.9. The Kier molecular flexibility index (Phi) is 24.5. The van der Waals surface area contributed by atoms with E-state index in [0.717, 1.165) is 21.8 Å². The van der Waals surface area contributed by atoms with Gasteiger partial charge in [0.25, 0.3) is 0 Å². The molecule has 0 spiro atoms. The minimum atomic E-state index is -0.235. The van der Waals surface area contributed by atoms with Crippen LogP contribution in [0.15, 0.2) is 47.4 Å². The second-order valence-corrected chi connectivity index (χ2v) is 5.82. The van der Waals surface area contributed by atoms with Crippen molar-refractivity contribution < 1.29 is 26.1 Å². The molecule has 186 valence electrons. The number of benzene rings is 2. The Bertz CT molecular complexity index is 1290. The quantitative estimate of drug-likeness (QED) is 0.399. The van der Waals surface area contributed by atoms with Gasteiger partial charge in [-0.1, -0.05) is 24.1 Å². The predicted molar refractivity (Wildman–Crippen MR) is 157 cm³/mol. The number of thiol groups is 1. The maximum atomic E-state index is 13.1. The van der Waals surface area contributed by atoms with Gasteiger partial charge in [-0.15, -0.1) is 25.5 Å². The summed E-state index contributed by atoms with van der Waals surface area (Å²) >= 11 is 4.33. The molecule has 1 N–H and O–H groups in total. The van der Waals surface area contributed by atoms with Gasteiger partial charge in [0.15, 0.2) is 0 Å². The Labute approximate surface area is 227 Å². The van der Waals surface area contributed by atoms with E-state index in [9.17, 15) is 4.39 Å². The molecule has 2 nitrogen and oxygen atoms in total. The van der Waals surface area contributed by atoms with Gasteiger partial charge in [0.05, 0.1) is 7.11 Å². The van der Waals surface area contributed by atoms with Crippen molar-refractivity contribution in [1.29, 1.82) is 0 Å². The van der Waals surface area contributed by atoms with Crippen molar-refractivity contribution in [1.82, 2.24) is 0 Å². The van der Waals surface area contributed by atoms with E-state index in [2.05, 4.69) is 83.7 Å². The normalized spacial score (nSPS) is 6.60. The third-order valence-electron chi connectivity index (χ3n) is 3.28. The van der Waals surface area contributed by atoms with E-state index in [1.54, 1.807) is 13.2 Å². The van der Waals surface area contributed by atoms with Gasteiger partial charge in [-0.05, 0) is 119 Å². The summed E-state index contributed by atoms with van der Waals surface area (Å²) in [6.45, 7) is 0. The van der Waals surface area contributed by atoms with E-state index in [1.807, 2.05) is 24.3 Å². The Balaban J connectivity index is -0.0000000698. The molecule has 0 amide bonds. The summed E-state index contributed by atoms with van der Waals surface area (Å²) in [4.78, 5) is 0.800. The molecule has 2 aromatic carbocycles. The van der Waals surface area contributed by atoms with E-state index in [0.29, 0.717) is 6.42 Å². The van der Waals surface area contributed by atoms with E-state index in [-0.39, 0.29) is 33.9 Å². The van der Waals surface area contributed by atoms with Gasteiger partial charge < -0.3 is 4.74 Å². The van der Waals surface area contributed by atoms with Gasteiger partial charge in [0.2, 0.25) is 0 Å². The second kappa shape index (κ2) is 24.3. The lowest BCUT2D eigenvalue weighted by Gasteiger charge is -2.07. The average Bonchev–Trinajstić information content (AvgIpc) is 2.84. The third kappa shape index (κ3) is 17.9. The number of rotatable bonds is 3. The second-order valence-electron chi connectivity index (χ2n) is 5.34. The highest BCUT2D eigenvalue weighted by Gasteiger charge is 2.03. The van der Waals surface area contributed by atoms with Gasteiger partial charge >= 0.3 is 0 Å². The Morgan fingerprint density at radius 2 is 1.34 bits per heavy atom. The predicted octanol–water partition coefficient (Wildman–Crippen LogP) is 5.83. The number of methoxy groups -OCH3 is 1. The summed E-state index contributed by atoms with van der Waals surface area (Å²) in [6, 6.07) is 12.3. The maximum absolute atomic E-state index is 13.1.